The summed E-state index contributed by atoms with van der Waals surface area (Å²) in [6.07, 6.45) is 4.98. The monoisotopic (exact) mass is 437 g/mol. The standard InChI is InChI=1S/C24H24FN3O2S/c25-24-11-15-8-16(12-24)10-23(9-15,14-24)13-19(29)26-28-22(30)21-18(6-7-31-21)20(27-28)17-4-2-1-3-5-17/h1-7,15-16H,8-14H2,(H,26,29). The Kier molecular flexibility index (Phi) is 4.16. The van der Waals surface area contributed by atoms with E-state index in [0.717, 1.165) is 35.0 Å². The van der Waals surface area contributed by atoms with E-state index in [2.05, 4.69) is 10.5 Å². The van der Waals surface area contributed by atoms with Gasteiger partial charge in [0.05, 0.1) is 0 Å². The summed E-state index contributed by atoms with van der Waals surface area (Å²) in [6.45, 7) is 0. The number of aromatic nitrogens is 2. The van der Waals surface area contributed by atoms with Gasteiger partial charge in [0.2, 0.25) is 5.91 Å². The van der Waals surface area contributed by atoms with Crippen molar-refractivity contribution in [3.8, 4) is 11.3 Å². The lowest BCUT2D eigenvalue weighted by atomic mass is 9.47. The van der Waals surface area contributed by atoms with Crippen LogP contribution in [-0.2, 0) is 4.79 Å². The Morgan fingerprint density at radius 3 is 2.61 bits per heavy atom. The number of alkyl halides is 1. The highest BCUT2D eigenvalue weighted by atomic mass is 32.1. The van der Waals surface area contributed by atoms with Crippen molar-refractivity contribution in [2.75, 3.05) is 5.43 Å². The summed E-state index contributed by atoms with van der Waals surface area (Å²) in [5.41, 5.74) is 2.57. The first-order valence-corrected chi connectivity index (χ1v) is 11.8. The molecule has 1 aromatic carbocycles. The maximum absolute atomic E-state index is 15.3. The molecule has 4 saturated carbocycles. The summed E-state index contributed by atoms with van der Waals surface area (Å²) in [5.74, 6) is 0.536. The topological polar surface area (TPSA) is 64.0 Å². The van der Waals surface area contributed by atoms with Crippen molar-refractivity contribution in [2.24, 2.45) is 17.3 Å². The largest absolute Gasteiger partial charge is 0.304 e. The van der Waals surface area contributed by atoms with Crippen molar-refractivity contribution in [2.45, 2.75) is 50.6 Å². The summed E-state index contributed by atoms with van der Waals surface area (Å²) in [6, 6.07) is 11.5. The lowest BCUT2D eigenvalue weighted by Gasteiger charge is -2.59. The number of thiophene rings is 1. The smallest absolute Gasteiger partial charge is 0.273 e. The quantitative estimate of drug-likeness (QED) is 0.632. The fourth-order valence-corrected chi connectivity index (χ4v) is 7.70. The minimum absolute atomic E-state index is 0.253. The molecule has 5 nitrogen and oxygen atoms in total. The van der Waals surface area contributed by atoms with Gasteiger partial charge in [-0.05, 0) is 67.2 Å². The predicted octanol–water partition coefficient (Wildman–Crippen LogP) is 4.89. The van der Waals surface area contributed by atoms with Crippen molar-refractivity contribution < 1.29 is 9.18 Å². The first-order chi connectivity index (χ1) is 14.9. The first kappa shape index (κ1) is 19.2. The van der Waals surface area contributed by atoms with Crippen LogP contribution in [0.15, 0.2) is 46.6 Å². The molecule has 0 spiro atoms. The van der Waals surface area contributed by atoms with Gasteiger partial charge in [0, 0.05) is 17.4 Å². The molecule has 2 atom stereocenters. The van der Waals surface area contributed by atoms with Gasteiger partial charge >= 0.3 is 5.56 Å². The van der Waals surface area contributed by atoms with Crippen LogP contribution in [-0.4, -0.2) is 21.5 Å². The molecule has 7 heteroatoms. The normalized spacial score (nSPS) is 31.3. The van der Waals surface area contributed by atoms with Crippen LogP contribution in [0.3, 0.4) is 0 Å². The van der Waals surface area contributed by atoms with Crippen molar-refractivity contribution in [3.63, 3.8) is 0 Å². The van der Waals surface area contributed by atoms with Gasteiger partial charge in [-0.2, -0.15) is 0 Å². The van der Waals surface area contributed by atoms with E-state index in [1.165, 1.54) is 11.3 Å². The molecule has 31 heavy (non-hydrogen) atoms. The van der Waals surface area contributed by atoms with Gasteiger partial charge in [0.1, 0.15) is 16.1 Å². The summed E-state index contributed by atoms with van der Waals surface area (Å²) < 4.78 is 15.8. The molecule has 4 aliphatic rings. The van der Waals surface area contributed by atoms with Crippen molar-refractivity contribution >= 4 is 27.3 Å². The molecule has 0 radical (unpaired) electrons. The fourth-order valence-electron chi connectivity index (χ4n) is 6.88. The van der Waals surface area contributed by atoms with Crippen molar-refractivity contribution in [1.82, 2.24) is 9.89 Å². The molecular weight excluding hydrogens is 413 g/mol. The van der Waals surface area contributed by atoms with Gasteiger partial charge in [0.15, 0.2) is 0 Å². The molecule has 4 aliphatic carbocycles. The number of hydrogen-bond acceptors (Lipinski definition) is 4. The van der Waals surface area contributed by atoms with Gasteiger partial charge in [0.25, 0.3) is 0 Å². The molecule has 7 rings (SSSR count). The molecule has 1 N–H and O–H groups in total. The van der Waals surface area contributed by atoms with Gasteiger partial charge in [-0.1, -0.05) is 30.3 Å². The van der Waals surface area contributed by atoms with Gasteiger partial charge in [-0.15, -0.1) is 21.2 Å². The number of halogens is 1. The molecule has 1 amide bonds. The minimum atomic E-state index is -1.10. The van der Waals surface area contributed by atoms with E-state index in [4.69, 9.17) is 0 Å². The Hall–Kier alpha value is -2.54. The summed E-state index contributed by atoms with van der Waals surface area (Å²) in [7, 11) is 0. The number of carbonyl (C=O) groups excluding carboxylic acids is 1. The van der Waals surface area contributed by atoms with Crippen LogP contribution in [0.5, 0.6) is 0 Å². The zero-order chi connectivity index (χ0) is 21.2. The Balaban J connectivity index is 1.31. The Morgan fingerprint density at radius 1 is 1.16 bits per heavy atom. The third kappa shape index (κ3) is 3.21. The highest BCUT2D eigenvalue weighted by molar-refractivity contribution is 7.17. The number of benzene rings is 1. The zero-order valence-electron chi connectivity index (χ0n) is 17.1. The number of carbonyl (C=O) groups is 1. The maximum atomic E-state index is 15.3. The molecule has 2 aromatic heterocycles. The maximum Gasteiger partial charge on any atom is 0.304 e. The van der Waals surface area contributed by atoms with E-state index < -0.39 is 5.67 Å². The Bertz CT molecular complexity index is 1220. The number of hydrogen-bond donors (Lipinski definition) is 1. The van der Waals surface area contributed by atoms with Crippen LogP contribution in [0, 0.1) is 17.3 Å². The van der Waals surface area contributed by atoms with Crippen LogP contribution < -0.4 is 11.0 Å². The van der Waals surface area contributed by atoms with Gasteiger partial charge in [-0.3, -0.25) is 9.59 Å². The minimum Gasteiger partial charge on any atom is -0.273 e. The lowest BCUT2D eigenvalue weighted by Crippen LogP contribution is -2.54. The molecule has 2 unspecified atom stereocenters. The number of nitrogens with one attached hydrogen (secondary N) is 1. The van der Waals surface area contributed by atoms with Crippen LogP contribution >= 0.6 is 11.3 Å². The van der Waals surface area contributed by atoms with Crippen molar-refractivity contribution in [1.29, 1.82) is 0 Å². The zero-order valence-corrected chi connectivity index (χ0v) is 18.0. The van der Waals surface area contributed by atoms with E-state index >= 15 is 4.39 Å². The number of amides is 1. The summed E-state index contributed by atoms with van der Waals surface area (Å²) in [4.78, 5) is 27.1. The third-order valence-corrected chi connectivity index (χ3v) is 8.33. The van der Waals surface area contributed by atoms with E-state index in [9.17, 15) is 9.59 Å². The number of rotatable bonds is 4. The Morgan fingerprint density at radius 2 is 1.90 bits per heavy atom. The fraction of sp³-hybridized carbons (Fsp3) is 0.458. The second kappa shape index (κ2) is 6.73. The summed E-state index contributed by atoms with van der Waals surface area (Å²) in [5, 5.41) is 7.14. The molecular formula is C24H24FN3O2S. The van der Waals surface area contributed by atoms with E-state index in [-0.39, 0.29) is 23.3 Å². The van der Waals surface area contributed by atoms with Crippen molar-refractivity contribution in [3.05, 3.63) is 52.1 Å². The second-order valence-electron chi connectivity index (χ2n) is 9.92. The van der Waals surface area contributed by atoms with E-state index in [1.807, 2.05) is 41.8 Å². The van der Waals surface area contributed by atoms with E-state index in [0.29, 0.717) is 41.5 Å². The lowest BCUT2D eigenvalue weighted by molar-refractivity contribution is -0.140. The highest BCUT2D eigenvalue weighted by Crippen LogP contribution is 2.64. The third-order valence-electron chi connectivity index (χ3n) is 7.43. The molecule has 160 valence electrons. The molecule has 4 bridgehead atoms. The highest BCUT2D eigenvalue weighted by Gasteiger charge is 2.58. The molecule has 2 heterocycles. The molecule has 0 aliphatic heterocycles. The van der Waals surface area contributed by atoms with Gasteiger partial charge in [-0.25, -0.2) is 9.82 Å². The second-order valence-corrected chi connectivity index (χ2v) is 10.8. The summed E-state index contributed by atoms with van der Waals surface area (Å²) >= 11 is 1.34. The average molecular weight is 438 g/mol. The first-order valence-electron chi connectivity index (χ1n) is 11.0. The van der Waals surface area contributed by atoms with Gasteiger partial charge < -0.3 is 0 Å². The predicted molar refractivity (Wildman–Crippen MR) is 119 cm³/mol. The molecule has 3 aromatic rings. The molecule has 4 fully saturated rings. The average Bonchev–Trinajstić information content (AvgIpc) is 3.19. The van der Waals surface area contributed by atoms with E-state index in [1.54, 1.807) is 0 Å². The number of nitrogens with zero attached hydrogens (tertiary/aromatic N) is 2. The Labute approximate surface area is 183 Å². The number of fused-ring (bicyclic) bond motifs is 1. The van der Waals surface area contributed by atoms with Crippen LogP contribution in [0.4, 0.5) is 4.39 Å². The molecule has 0 saturated heterocycles. The van der Waals surface area contributed by atoms with Crippen LogP contribution in [0.25, 0.3) is 21.3 Å². The SMILES string of the molecule is O=C(CC12CC3CC(CC(F)(C3)C1)C2)Nn1nc(-c2ccccc2)c2ccsc2c1=O. The van der Waals surface area contributed by atoms with Crippen LogP contribution in [0.1, 0.15) is 44.9 Å². The van der Waals surface area contributed by atoms with Crippen LogP contribution in [0.2, 0.25) is 0 Å².